The molecule has 16 heavy (non-hydrogen) atoms. The number of pyridine rings is 1. The molecule has 0 aromatic carbocycles. The Morgan fingerprint density at radius 2 is 2.25 bits per heavy atom. The Morgan fingerprint density at radius 3 is 3.06 bits per heavy atom. The van der Waals surface area contributed by atoms with Gasteiger partial charge in [-0.3, -0.25) is 0 Å². The Hall–Kier alpha value is -1.00. The normalized spacial score (nSPS) is 11.1. The Morgan fingerprint density at radius 1 is 1.38 bits per heavy atom. The van der Waals surface area contributed by atoms with Crippen molar-refractivity contribution in [3.63, 3.8) is 0 Å². The lowest BCUT2D eigenvalue weighted by Crippen LogP contribution is -1.87. The molecule has 2 aromatic heterocycles. The molecule has 2 rings (SSSR count). The van der Waals surface area contributed by atoms with Gasteiger partial charge in [-0.05, 0) is 30.7 Å². The minimum atomic E-state index is 0.275. The molecule has 0 aliphatic heterocycles. The van der Waals surface area contributed by atoms with Gasteiger partial charge in [0.25, 0.3) is 0 Å². The summed E-state index contributed by atoms with van der Waals surface area (Å²) < 4.78 is 2.07. The third-order valence-electron chi connectivity index (χ3n) is 2.35. The second-order valence-electron chi connectivity index (χ2n) is 3.83. The first-order valence-electron chi connectivity index (χ1n) is 5.42. The van der Waals surface area contributed by atoms with E-state index in [1.54, 1.807) is 0 Å². The molecule has 2 aromatic rings. The van der Waals surface area contributed by atoms with E-state index < -0.39 is 0 Å². The van der Waals surface area contributed by atoms with E-state index in [1.807, 2.05) is 17.8 Å². The van der Waals surface area contributed by atoms with Crippen LogP contribution in [0.5, 0.6) is 0 Å². The number of aromatic nitrogens is 2. The van der Waals surface area contributed by atoms with E-state index in [-0.39, 0.29) is 6.61 Å². The zero-order valence-electron chi connectivity index (χ0n) is 9.39. The van der Waals surface area contributed by atoms with Crippen molar-refractivity contribution in [1.29, 1.82) is 0 Å². The number of hydrogen-bond acceptors (Lipinski definition) is 3. The predicted molar refractivity (Wildman–Crippen MR) is 67.8 cm³/mol. The van der Waals surface area contributed by atoms with E-state index in [1.165, 1.54) is 5.56 Å². The van der Waals surface area contributed by atoms with Crippen molar-refractivity contribution in [3.8, 4) is 0 Å². The van der Waals surface area contributed by atoms with E-state index >= 15 is 0 Å². The number of aryl methyl sites for hydroxylation is 1. The van der Waals surface area contributed by atoms with Gasteiger partial charge in [-0.1, -0.05) is 6.07 Å². The number of thioether (sulfide) groups is 1. The van der Waals surface area contributed by atoms with Crippen LogP contribution in [-0.4, -0.2) is 26.9 Å². The highest BCUT2D eigenvalue weighted by atomic mass is 32.2. The average Bonchev–Trinajstić information content (AvgIpc) is 2.66. The highest BCUT2D eigenvalue weighted by Gasteiger charge is 2.01. The molecular weight excluding hydrogens is 220 g/mol. The minimum Gasteiger partial charge on any atom is -0.396 e. The predicted octanol–water partition coefficient (Wildman–Crippen LogP) is 2.26. The van der Waals surface area contributed by atoms with Gasteiger partial charge in [0.15, 0.2) is 0 Å². The van der Waals surface area contributed by atoms with Crippen molar-refractivity contribution < 1.29 is 5.11 Å². The molecule has 3 nitrogen and oxygen atoms in total. The molecule has 0 bridgehead atoms. The number of hydrogen-bond donors (Lipinski definition) is 1. The van der Waals surface area contributed by atoms with Crippen molar-refractivity contribution in [2.45, 2.75) is 19.1 Å². The third kappa shape index (κ3) is 2.77. The smallest absolute Gasteiger partial charge is 0.137 e. The molecule has 0 amide bonds. The maximum atomic E-state index is 8.68. The first-order valence-corrected chi connectivity index (χ1v) is 6.58. The van der Waals surface area contributed by atoms with Crippen LogP contribution in [0.2, 0.25) is 0 Å². The number of fused-ring (bicyclic) bond motifs is 1. The lowest BCUT2D eigenvalue weighted by Gasteiger charge is -1.95. The molecule has 86 valence electrons. The van der Waals surface area contributed by atoms with Crippen LogP contribution in [0.1, 0.15) is 17.7 Å². The molecule has 0 radical (unpaired) electrons. The Bertz CT molecular complexity index is 467. The van der Waals surface area contributed by atoms with Gasteiger partial charge in [0.2, 0.25) is 0 Å². The van der Waals surface area contributed by atoms with E-state index in [0.29, 0.717) is 0 Å². The fourth-order valence-electron chi connectivity index (χ4n) is 1.57. The number of aliphatic hydroxyl groups is 1. The Kier molecular flexibility index (Phi) is 3.85. The van der Waals surface area contributed by atoms with Crippen molar-refractivity contribution in [1.82, 2.24) is 9.38 Å². The Balaban J connectivity index is 2.02. The molecule has 0 spiro atoms. The highest BCUT2D eigenvalue weighted by molar-refractivity contribution is 7.98. The number of rotatable bonds is 5. The van der Waals surface area contributed by atoms with E-state index in [2.05, 4.69) is 34.8 Å². The van der Waals surface area contributed by atoms with Crippen molar-refractivity contribution >= 4 is 17.4 Å². The van der Waals surface area contributed by atoms with Crippen LogP contribution >= 0.6 is 11.8 Å². The van der Waals surface area contributed by atoms with Gasteiger partial charge in [-0.25, -0.2) is 4.98 Å². The summed E-state index contributed by atoms with van der Waals surface area (Å²) in [5.41, 5.74) is 3.35. The van der Waals surface area contributed by atoms with E-state index in [4.69, 9.17) is 5.11 Å². The molecule has 0 aliphatic carbocycles. The molecule has 0 aliphatic rings. The molecule has 0 saturated heterocycles. The highest BCUT2D eigenvalue weighted by Crippen LogP contribution is 2.14. The van der Waals surface area contributed by atoms with Crippen LogP contribution in [-0.2, 0) is 5.75 Å². The number of aliphatic hydroxyl groups excluding tert-OH is 1. The van der Waals surface area contributed by atoms with Gasteiger partial charge in [-0.15, -0.1) is 0 Å². The first-order chi connectivity index (χ1) is 7.79. The maximum absolute atomic E-state index is 8.68. The summed E-state index contributed by atoms with van der Waals surface area (Å²) in [6, 6.07) is 4.11. The average molecular weight is 236 g/mol. The minimum absolute atomic E-state index is 0.275. The molecule has 0 atom stereocenters. The quantitative estimate of drug-likeness (QED) is 0.809. The number of imidazole rings is 1. The zero-order chi connectivity index (χ0) is 11.4. The third-order valence-corrected chi connectivity index (χ3v) is 3.42. The zero-order valence-corrected chi connectivity index (χ0v) is 10.2. The van der Waals surface area contributed by atoms with Crippen LogP contribution in [0.3, 0.4) is 0 Å². The van der Waals surface area contributed by atoms with Crippen LogP contribution in [0.15, 0.2) is 24.5 Å². The van der Waals surface area contributed by atoms with Gasteiger partial charge in [-0.2, -0.15) is 11.8 Å². The van der Waals surface area contributed by atoms with E-state index in [0.717, 1.165) is 29.3 Å². The van der Waals surface area contributed by atoms with Crippen molar-refractivity contribution in [2.24, 2.45) is 0 Å². The molecule has 0 unspecified atom stereocenters. The van der Waals surface area contributed by atoms with Gasteiger partial charge < -0.3 is 9.51 Å². The monoisotopic (exact) mass is 236 g/mol. The topological polar surface area (TPSA) is 37.5 Å². The largest absolute Gasteiger partial charge is 0.396 e. The summed E-state index contributed by atoms with van der Waals surface area (Å²) >= 11 is 1.81. The van der Waals surface area contributed by atoms with Gasteiger partial charge in [0, 0.05) is 24.8 Å². The summed E-state index contributed by atoms with van der Waals surface area (Å²) in [5, 5.41) is 8.68. The molecule has 4 heteroatoms. The maximum Gasteiger partial charge on any atom is 0.137 e. The van der Waals surface area contributed by atoms with Gasteiger partial charge in [0.1, 0.15) is 5.65 Å². The molecule has 0 fully saturated rings. The van der Waals surface area contributed by atoms with E-state index in [9.17, 15) is 0 Å². The lowest BCUT2D eigenvalue weighted by molar-refractivity contribution is 0.296. The molecular formula is C12H16N2OS. The fourth-order valence-corrected chi connectivity index (χ4v) is 2.39. The fraction of sp³-hybridized carbons (Fsp3) is 0.417. The summed E-state index contributed by atoms with van der Waals surface area (Å²) in [5.74, 6) is 1.91. The Labute approximate surface area is 99.5 Å². The molecule has 0 saturated carbocycles. The first kappa shape index (κ1) is 11.5. The van der Waals surface area contributed by atoms with Crippen molar-refractivity contribution in [3.05, 3.63) is 35.8 Å². The molecule has 1 N–H and O–H groups in total. The second-order valence-corrected chi connectivity index (χ2v) is 4.94. The van der Waals surface area contributed by atoms with Crippen LogP contribution in [0.25, 0.3) is 5.65 Å². The molecule has 2 heterocycles. The van der Waals surface area contributed by atoms with Crippen LogP contribution in [0, 0.1) is 6.92 Å². The standard InChI is InChI=1S/C12H16N2OS/c1-10-3-4-12-13-11(8-14(12)7-10)9-16-6-2-5-15/h3-4,7-8,15H,2,5-6,9H2,1H3. The van der Waals surface area contributed by atoms with Crippen LogP contribution < -0.4 is 0 Å². The summed E-state index contributed by atoms with van der Waals surface area (Å²) in [6.07, 6.45) is 5.02. The summed E-state index contributed by atoms with van der Waals surface area (Å²) in [6.45, 7) is 2.35. The SMILES string of the molecule is Cc1ccc2nc(CSCCCO)cn2c1. The van der Waals surface area contributed by atoms with Crippen molar-refractivity contribution in [2.75, 3.05) is 12.4 Å². The van der Waals surface area contributed by atoms with Gasteiger partial charge in [0.05, 0.1) is 5.69 Å². The van der Waals surface area contributed by atoms with Gasteiger partial charge >= 0.3 is 0 Å². The van der Waals surface area contributed by atoms with Crippen LogP contribution in [0.4, 0.5) is 0 Å². The second kappa shape index (κ2) is 5.37. The summed E-state index contributed by atoms with van der Waals surface area (Å²) in [4.78, 5) is 4.53. The summed E-state index contributed by atoms with van der Waals surface area (Å²) in [7, 11) is 0. The number of nitrogens with zero attached hydrogens (tertiary/aromatic N) is 2. The lowest BCUT2D eigenvalue weighted by atomic mass is 10.3.